The smallest absolute Gasteiger partial charge is 0.142 e. The Balaban J connectivity index is 2.26. The van der Waals surface area contributed by atoms with Gasteiger partial charge in [-0.05, 0) is 31.2 Å². The highest BCUT2D eigenvalue weighted by Crippen LogP contribution is 2.34. The lowest BCUT2D eigenvalue weighted by Crippen LogP contribution is -2.01. The van der Waals surface area contributed by atoms with Gasteiger partial charge in [-0.2, -0.15) is 0 Å². The number of ether oxygens (including phenoxy) is 2. The molecule has 0 spiro atoms. The van der Waals surface area contributed by atoms with Crippen molar-refractivity contribution >= 4 is 34.8 Å². The standard InChI is InChI=1S/C16H15Cl3O2/c1-10-3-4-15(20-2)12(5-10)9-21-16-11(8-17)6-13(18)7-14(16)19/h3-7H,8-9H2,1-2H3. The molecule has 5 heteroatoms. The molecular weight excluding hydrogens is 331 g/mol. The van der Waals surface area contributed by atoms with Crippen LogP contribution in [0.2, 0.25) is 10.0 Å². The molecule has 0 unspecified atom stereocenters. The van der Waals surface area contributed by atoms with Gasteiger partial charge in [0.15, 0.2) is 0 Å². The molecule has 0 N–H and O–H groups in total. The van der Waals surface area contributed by atoms with Crippen molar-refractivity contribution < 1.29 is 9.47 Å². The molecule has 2 rings (SSSR count). The number of halogens is 3. The average Bonchev–Trinajstić information content (AvgIpc) is 2.45. The number of rotatable bonds is 5. The first kappa shape index (κ1) is 16.3. The van der Waals surface area contributed by atoms with Crippen LogP contribution < -0.4 is 9.47 Å². The summed E-state index contributed by atoms with van der Waals surface area (Å²) in [7, 11) is 1.63. The maximum Gasteiger partial charge on any atom is 0.142 e. The van der Waals surface area contributed by atoms with Gasteiger partial charge in [-0.25, -0.2) is 0 Å². The van der Waals surface area contributed by atoms with Crippen LogP contribution in [-0.2, 0) is 12.5 Å². The summed E-state index contributed by atoms with van der Waals surface area (Å²) in [6.45, 7) is 2.36. The summed E-state index contributed by atoms with van der Waals surface area (Å²) in [6.07, 6.45) is 0. The van der Waals surface area contributed by atoms with Crippen LogP contribution in [0.3, 0.4) is 0 Å². The van der Waals surface area contributed by atoms with E-state index in [1.807, 2.05) is 25.1 Å². The van der Waals surface area contributed by atoms with Crippen molar-refractivity contribution in [2.75, 3.05) is 7.11 Å². The normalized spacial score (nSPS) is 10.5. The van der Waals surface area contributed by atoms with Gasteiger partial charge in [-0.1, -0.05) is 34.8 Å². The van der Waals surface area contributed by atoms with Gasteiger partial charge in [0.25, 0.3) is 0 Å². The van der Waals surface area contributed by atoms with Crippen LogP contribution in [0.4, 0.5) is 0 Å². The van der Waals surface area contributed by atoms with Crippen LogP contribution in [0, 0.1) is 6.92 Å². The maximum absolute atomic E-state index is 6.19. The first-order valence-corrected chi connectivity index (χ1v) is 7.64. The quantitative estimate of drug-likeness (QED) is 0.654. The van der Waals surface area contributed by atoms with E-state index >= 15 is 0 Å². The number of alkyl halides is 1. The first-order valence-electron chi connectivity index (χ1n) is 6.35. The lowest BCUT2D eigenvalue weighted by molar-refractivity contribution is 0.294. The van der Waals surface area contributed by atoms with Gasteiger partial charge in [-0.15, -0.1) is 11.6 Å². The Hall–Kier alpha value is -1.09. The topological polar surface area (TPSA) is 18.5 Å². The monoisotopic (exact) mass is 344 g/mol. The Morgan fingerprint density at radius 1 is 1.05 bits per heavy atom. The lowest BCUT2D eigenvalue weighted by atomic mass is 10.1. The Labute approximate surface area is 139 Å². The molecule has 21 heavy (non-hydrogen) atoms. The molecular formula is C16H15Cl3O2. The van der Waals surface area contributed by atoms with Crippen LogP contribution >= 0.6 is 34.8 Å². The number of hydrogen-bond donors (Lipinski definition) is 0. The molecule has 0 heterocycles. The van der Waals surface area contributed by atoms with Gasteiger partial charge in [-0.3, -0.25) is 0 Å². The molecule has 0 atom stereocenters. The molecule has 0 radical (unpaired) electrons. The van der Waals surface area contributed by atoms with Crippen molar-refractivity contribution in [3.63, 3.8) is 0 Å². The van der Waals surface area contributed by atoms with Gasteiger partial charge in [0.2, 0.25) is 0 Å². The number of hydrogen-bond acceptors (Lipinski definition) is 2. The number of benzene rings is 2. The highest BCUT2D eigenvalue weighted by atomic mass is 35.5. The molecule has 2 nitrogen and oxygen atoms in total. The third kappa shape index (κ3) is 3.97. The first-order chi connectivity index (χ1) is 10.0. The summed E-state index contributed by atoms with van der Waals surface area (Å²) in [5.41, 5.74) is 2.85. The van der Waals surface area contributed by atoms with Crippen molar-refractivity contribution in [1.29, 1.82) is 0 Å². The second-order valence-corrected chi connectivity index (χ2v) is 5.72. The molecule has 112 valence electrons. The van der Waals surface area contributed by atoms with Crippen LogP contribution in [0.1, 0.15) is 16.7 Å². The van der Waals surface area contributed by atoms with E-state index in [-0.39, 0.29) is 5.88 Å². The van der Waals surface area contributed by atoms with E-state index in [4.69, 9.17) is 44.3 Å². The fraction of sp³-hybridized carbons (Fsp3) is 0.250. The minimum Gasteiger partial charge on any atom is -0.496 e. The largest absolute Gasteiger partial charge is 0.496 e. The fourth-order valence-corrected chi connectivity index (χ4v) is 2.83. The van der Waals surface area contributed by atoms with E-state index in [9.17, 15) is 0 Å². The summed E-state index contributed by atoms with van der Waals surface area (Å²) < 4.78 is 11.2. The molecule has 2 aromatic rings. The van der Waals surface area contributed by atoms with Gasteiger partial charge in [0.05, 0.1) is 18.0 Å². The van der Waals surface area contributed by atoms with Crippen molar-refractivity contribution in [3.05, 3.63) is 57.1 Å². The lowest BCUT2D eigenvalue weighted by Gasteiger charge is -2.14. The van der Waals surface area contributed by atoms with Crippen LogP contribution in [0.25, 0.3) is 0 Å². The van der Waals surface area contributed by atoms with Crippen molar-refractivity contribution in [2.24, 2.45) is 0 Å². The summed E-state index contributed by atoms with van der Waals surface area (Å²) in [5, 5.41) is 0.987. The predicted molar refractivity (Wildman–Crippen MR) is 88.1 cm³/mol. The third-order valence-electron chi connectivity index (χ3n) is 3.04. The van der Waals surface area contributed by atoms with E-state index in [1.165, 1.54) is 0 Å². The zero-order valence-electron chi connectivity index (χ0n) is 11.8. The number of methoxy groups -OCH3 is 1. The van der Waals surface area contributed by atoms with E-state index in [0.29, 0.717) is 22.4 Å². The summed E-state index contributed by atoms with van der Waals surface area (Å²) in [5.74, 6) is 1.61. The molecule has 0 bridgehead atoms. The Morgan fingerprint density at radius 3 is 2.48 bits per heavy atom. The summed E-state index contributed by atoms with van der Waals surface area (Å²) in [6, 6.07) is 9.32. The van der Waals surface area contributed by atoms with E-state index < -0.39 is 0 Å². The SMILES string of the molecule is COc1ccc(C)cc1COc1c(Cl)cc(Cl)cc1CCl. The number of aryl methyl sites for hydroxylation is 1. The third-order valence-corrected chi connectivity index (χ3v) is 3.82. The van der Waals surface area contributed by atoms with Gasteiger partial charge in [0.1, 0.15) is 18.1 Å². The second kappa shape index (κ2) is 7.26. The van der Waals surface area contributed by atoms with Crippen LogP contribution in [0.5, 0.6) is 11.5 Å². The Kier molecular flexibility index (Phi) is 5.63. The average molecular weight is 346 g/mol. The van der Waals surface area contributed by atoms with E-state index in [1.54, 1.807) is 19.2 Å². The molecule has 0 aliphatic carbocycles. The van der Waals surface area contributed by atoms with Crippen molar-refractivity contribution in [1.82, 2.24) is 0 Å². The van der Waals surface area contributed by atoms with Crippen molar-refractivity contribution in [3.8, 4) is 11.5 Å². The Morgan fingerprint density at radius 2 is 1.81 bits per heavy atom. The zero-order valence-corrected chi connectivity index (χ0v) is 14.0. The maximum atomic E-state index is 6.19. The van der Waals surface area contributed by atoms with Crippen molar-refractivity contribution in [2.45, 2.75) is 19.4 Å². The Bertz CT molecular complexity index is 642. The van der Waals surface area contributed by atoms with Crippen LogP contribution in [0.15, 0.2) is 30.3 Å². The van der Waals surface area contributed by atoms with Gasteiger partial charge >= 0.3 is 0 Å². The molecule has 0 aliphatic rings. The van der Waals surface area contributed by atoms with Crippen LogP contribution in [-0.4, -0.2) is 7.11 Å². The zero-order chi connectivity index (χ0) is 15.4. The minimum atomic E-state index is 0.278. The molecule has 0 aromatic heterocycles. The molecule has 0 aliphatic heterocycles. The van der Waals surface area contributed by atoms with E-state index in [2.05, 4.69) is 0 Å². The molecule has 0 saturated heterocycles. The molecule has 0 saturated carbocycles. The molecule has 2 aromatic carbocycles. The summed E-state index contributed by atoms with van der Waals surface area (Å²) in [4.78, 5) is 0. The second-order valence-electron chi connectivity index (χ2n) is 4.61. The van der Waals surface area contributed by atoms with Gasteiger partial charge < -0.3 is 9.47 Å². The minimum absolute atomic E-state index is 0.278. The summed E-state index contributed by atoms with van der Waals surface area (Å²) >= 11 is 18.1. The highest BCUT2D eigenvalue weighted by molar-refractivity contribution is 6.36. The van der Waals surface area contributed by atoms with E-state index in [0.717, 1.165) is 22.4 Å². The highest BCUT2D eigenvalue weighted by Gasteiger charge is 2.12. The van der Waals surface area contributed by atoms with Gasteiger partial charge in [0, 0.05) is 16.1 Å². The molecule has 0 amide bonds. The predicted octanol–water partition coefficient (Wildman–Crippen LogP) is 5.63. The fourth-order valence-electron chi connectivity index (χ4n) is 2.04. The molecule has 0 fully saturated rings.